The molecule has 1 fully saturated rings. The summed E-state index contributed by atoms with van der Waals surface area (Å²) in [6, 6.07) is 8.82. The fourth-order valence-electron chi connectivity index (χ4n) is 4.74. The van der Waals surface area contributed by atoms with Gasteiger partial charge in [-0.1, -0.05) is 39.8 Å². The number of alkyl halides is 6. The van der Waals surface area contributed by atoms with Gasteiger partial charge in [-0.15, -0.1) is 0 Å². The second-order valence-electron chi connectivity index (χ2n) is 9.98. The quantitative estimate of drug-likeness (QED) is 0.214. The van der Waals surface area contributed by atoms with Crippen molar-refractivity contribution in [2.75, 3.05) is 0 Å². The van der Waals surface area contributed by atoms with E-state index in [-0.39, 0.29) is 22.5 Å². The molecule has 2 heterocycles. The van der Waals surface area contributed by atoms with Crippen molar-refractivity contribution in [2.45, 2.75) is 40.0 Å². The van der Waals surface area contributed by atoms with E-state index in [9.17, 15) is 31.1 Å². The molecule has 1 aliphatic carbocycles. The lowest BCUT2D eigenvalue weighted by atomic mass is 10.00. The number of rotatable bonds is 2. The summed E-state index contributed by atoms with van der Waals surface area (Å²) in [4.78, 5) is 18.3. The van der Waals surface area contributed by atoms with Gasteiger partial charge in [0.15, 0.2) is 5.78 Å². The topological polar surface area (TPSA) is 48.6 Å². The maximum Gasteiger partial charge on any atom is 0.416 e. The molecular weight excluding hydrogens is 470 g/mol. The molecule has 1 aliphatic rings. The van der Waals surface area contributed by atoms with Crippen molar-refractivity contribution in [3.8, 4) is 0 Å². The Bertz CT molecular complexity index is 1390. The van der Waals surface area contributed by atoms with Crippen molar-refractivity contribution >= 4 is 27.6 Å². The minimum absolute atomic E-state index is 0.000934. The summed E-state index contributed by atoms with van der Waals surface area (Å²) in [7, 11) is 0. The van der Waals surface area contributed by atoms with Gasteiger partial charge in [0.25, 0.3) is 0 Å². The van der Waals surface area contributed by atoms with Gasteiger partial charge < -0.3 is 9.97 Å². The highest BCUT2D eigenvalue weighted by molar-refractivity contribution is 6.10. The number of nitrogens with one attached hydrogen (secondary N) is 2. The van der Waals surface area contributed by atoms with Crippen LogP contribution in [0.1, 0.15) is 49.2 Å². The van der Waals surface area contributed by atoms with Crippen LogP contribution >= 0.6 is 0 Å². The first-order chi connectivity index (χ1) is 16.0. The van der Waals surface area contributed by atoms with Gasteiger partial charge in [-0.2, -0.15) is 26.3 Å². The molecule has 3 nitrogen and oxygen atoms in total. The van der Waals surface area contributed by atoms with Crippen LogP contribution in [0, 0.1) is 16.7 Å². The molecule has 5 rings (SSSR count). The lowest BCUT2D eigenvalue weighted by Gasteiger charge is -2.06. The minimum Gasteiger partial charge on any atom is -0.361 e. The van der Waals surface area contributed by atoms with Crippen LogP contribution < -0.4 is 0 Å². The number of Topliss-reactive ketones (excluding diaryl/α,β-unsaturated/α-hetero) is 1. The Kier molecular flexibility index (Phi) is 5.61. The Labute approximate surface area is 197 Å². The van der Waals surface area contributed by atoms with Crippen molar-refractivity contribution in [3.05, 3.63) is 71.5 Å². The van der Waals surface area contributed by atoms with E-state index in [1.54, 1.807) is 12.3 Å². The van der Waals surface area contributed by atoms with Gasteiger partial charge in [-0.25, -0.2) is 0 Å². The first kappa shape index (κ1) is 24.9. The van der Waals surface area contributed by atoms with E-state index in [1.165, 1.54) is 18.3 Å². The Balaban J connectivity index is 0.000000189. The van der Waals surface area contributed by atoms with Crippen LogP contribution in [0.3, 0.4) is 0 Å². The van der Waals surface area contributed by atoms with Gasteiger partial charge in [0.1, 0.15) is 0 Å². The normalized spacial score (nSPS) is 17.3. The minimum atomic E-state index is -4.38. The van der Waals surface area contributed by atoms with E-state index in [1.807, 2.05) is 27.7 Å². The zero-order valence-corrected chi connectivity index (χ0v) is 19.4. The highest BCUT2D eigenvalue weighted by atomic mass is 19.4. The SMILES string of the molecule is CC1(C)C(C(=O)c2c[nH]c3cc(C(F)(F)F)ccc23)C1(C)C.FC(F)(F)c1ccc2cc[nH]c2c1. The molecule has 1 saturated carbocycles. The molecule has 2 N–H and O–H groups in total. The molecule has 0 aliphatic heterocycles. The number of aromatic nitrogens is 2. The average molecular weight is 494 g/mol. The molecule has 2 aromatic carbocycles. The largest absolute Gasteiger partial charge is 0.416 e. The van der Waals surface area contributed by atoms with Crippen molar-refractivity contribution in [1.82, 2.24) is 9.97 Å². The number of aromatic amines is 2. The van der Waals surface area contributed by atoms with Crippen molar-refractivity contribution < 1.29 is 31.1 Å². The second-order valence-corrected chi connectivity index (χ2v) is 9.98. The number of H-pyrrole nitrogens is 2. The van der Waals surface area contributed by atoms with Crippen molar-refractivity contribution in [2.24, 2.45) is 16.7 Å². The van der Waals surface area contributed by atoms with E-state index in [2.05, 4.69) is 9.97 Å². The van der Waals surface area contributed by atoms with Gasteiger partial charge in [-0.05, 0) is 46.5 Å². The third kappa shape index (κ3) is 4.32. The summed E-state index contributed by atoms with van der Waals surface area (Å²) in [6.07, 6.45) is -5.51. The summed E-state index contributed by atoms with van der Waals surface area (Å²) in [6.45, 7) is 8.19. The molecule has 9 heteroatoms. The highest BCUT2D eigenvalue weighted by Crippen LogP contribution is 2.69. The molecule has 4 aromatic rings. The molecule has 2 aromatic heterocycles. The number of hydrogen-bond acceptors (Lipinski definition) is 1. The second kappa shape index (κ2) is 7.90. The van der Waals surface area contributed by atoms with Gasteiger partial charge >= 0.3 is 12.4 Å². The standard InChI is InChI=1S/C17H18F3NO.C9H6F3N/c1-15(2)14(16(15,3)4)13(22)11-8-21-12-7-9(17(18,19)20)5-6-10(11)12;10-9(11,12)7-2-1-6-3-4-13-8(6)5-7/h5-8,14,21H,1-4H3;1-5,13H. The average Bonchev–Trinajstić information content (AvgIpc) is 3.20. The molecule has 0 unspecified atom stereocenters. The molecular formula is C26H24F6N2O. The number of halogens is 6. The first-order valence-electron chi connectivity index (χ1n) is 10.9. The fourth-order valence-corrected chi connectivity index (χ4v) is 4.74. The summed E-state index contributed by atoms with van der Waals surface area (Å²) in [5.74, 6) is -0.109. The summed E-state index contributed by atoms with van der Waals surface area (Å²) in [5, 5.41) is 1.34. The van der Waals surface area contributed by atoms with Crippen molar-refractivity contribution in [3.63, 3.8) is 0 Å². The number of carbonyl (C=O) groups is 1. The highest BCUT2D eigenvalue weighted by Gasteiger charge is 2.68. The first-order valence-corrected chi connectivity index (χ1v) is 10.9. The van der Waals surface area contributed by atoms with E-state index in [4.69, 9.17) is 0 Å². The predicted octanol–water partition coefficient (Wildman–Crippen LogP) is 8.24. The summed E-state index contributed by atoms with van der Waals surface area (Å²) >= 11 is 0. The lowest BCUT2D eigenvalue weighted by Crippen LogP contribution is -2.07. The van der Waals surface area contributed by atoms with Crippen LogP contribution in [0.25, 0.3) is 21.8 Å². The third-order valence-corrected chi connectivity index (χ3v) is 7.44. The summed E-state index contributed by atoms with van der Waals surface area (Å²) in [5.41, 5.74) is -0.203. The zero-order valence-electron chi connectivity index (χ0n) is 19.4. The predicted molar refractivity (Wildman–Crippen MR) is 122 cm³/mol. The van der Waals surface area contributed by atoms with E-state index >= 15 is 0 Å². The maximum atomic E-state index is 12.8. The Morgan fingerprint density at radius 2 is 1.31 bits per heavy atom. The van der Waals surface area contributed by atoms with Gasteiger partial charge in [0.05, 0.1) is 11.1 Å². The summed E-state index contributed by atoms with van der Waals surface area (Å²) < 4.78 is 74.9. The van der Waals surface area contributed by atoms with Crippen LogP contribution in [-0.2, 0) is 12.4 Å². The Hall–Kier alpha value is -3.23. The van der Waals surface area contributed by atoms with Gasteiger partial charge in [-0.3, -0.25) is 4.79 Å². The van der Waals surface area contributed by atoms with Crippen LogP contribution in [0.5, 0.6) is 0 Å². The number of benzene rings is 2. The Morgan fingerprint density at radius 3 is 1.86 bits per heavy atom. The zero-order chi connectivity index (χ0) is 26.0. The molecule has 35 heavy (non-hydrogen) atoms. The van der Waals surface area contributed by atoms with E-state index in [0.717, 1.165) is 29.7 Å². The molecule has 0 spiro atoms. The fraction of sp³-hybridized carbons (Fsp3) is 0.346. The van der Waals surface area contributed by atoms with Crippen LogP contribution in [0.2, 0.25) is 0 Å². The van der Waals surface area contributed by atoms with E-state index in [0.29, 0.717) is 22.0 Å². The van der Waals surface area contributed by atoms with Crippen LogP contribution in [0.15, 0.2) is 54.9 Å². The smallest absolute Gasteiger partial charge is 0.361 e. The monoisotopic (exact) mass is 494 g/mol. The van der Waals surface area contributed by atoms with Crippen LogP contribution in [0.4, 0.5) is 26.3 Å². The lowest BCUT2D eigenvalue weighted by molar-refractivity contribution is -0.138. The van der Waals surface area contributed by atoms with Gasteiger partial charge in [0, 0.05) is 40.3 Å². The number of ketones is 1. The number of carbonyl (C=O) groups excluding carboxylic acids is 1. The molecule has 0 atom stereocenters. The number of fused-ring (bicyclic) bond motifs is 2. The molecule has 186 valence electrons. The third-order valence-electron chi connectivity index (χ3n) is 7.44. The molecule has 0 amide bonds. The molecule has 0 bridgehead atoms. The van der Waals surface area contributed by atoms with Crippen molar-refractivity contribution in [1.29, 1.82) is 0 Å². The maximum absolute atomic E-state index is 12.8. The number of hydrogen-bond donors (Lipinski definition) is 2. The molecule has 0 radical (unpaired) electrons. The Morgan fingerprint density at radius 1 is 0.771 bits per heavy atom. The van der Waals surface area contributed by atoms with Gasteiger partial charge in [0.2, 0.25) is 0 Å². The van der Waals surface area contributed by atoms with Crippen LogP contribution in [-0.4, -0.2) is 15.8 Å². The van der Waals surface area contributed by atoms with E-state index < -0.39 is 23.5 Å². The molecule has 0 saturated heterocycles.